The molecule has 7 nitrogen and oxygen atoms in total. The lowest BCUT2D eigenvalue weighted by molar-refractivity contribution is 0.603. The van der Waals surface area contributed by atoms with Gasteiger partial charge in [-0.05, 0) is 43.1 Å². The maximum Gasteiger partial charge on any atom is 0.273 e. The van der Waals surface area contributed by atoms with E-state index in [9.17, 15) is 8.42 Å². The fraction of sp³-hybridized carbons (Fsp3) is 0.154. The molecule has 0 aliphatic heterocycles. The second kappa shape index (κ2) is 5.08. The summed E-state index contributed by atoms with van der Waals surface area (Å²) in [6.07, 6.45) is 0. The van der Waals surface area contributed by atoms with Gasteiger partial charge in [0.2, 0.25) is 0 Å². The minimum atomic E-state index is -3.72. The van der Waals surface area contributed by atoms with E-state index in [1.807, 2.05) is 13.0 Å². The van der Waals surface area contributed by atoms with Crippen molar-refractivity contribution >= 4 is 38.1 Å². The molecule has 2 N–H and O–H groups in total. The van der Waals surface area contributed by atoms with Gasteiger partial charge >= 0.3 is 0 Å². The van der Waals surface area contributed by atoms with Crippen LogP contribution in [-0.2, 0) is 10.0 Å². The number of nitrogens with one attached hydrogen (secondary N) is 2. The molecule has 0 atom stereocenters. The Labute approximate surface area is 130 Å². The zero-order valence-electron chi connectivity index (χ0n) is 11.7. The molecule has 0 saturated heterocycles. The quantitative estimate of drug-likeness (QED) is 0.764. The second-order valence-electron chi connectivity index (χ2n) is 4.76. The third-order valence-corrected chi connectivity index (χ3v) is 5.85. The summed E-state index contributed by atoms with van der Waals surface area (Å²) in [6, 6.07) is 6.88. The SMILES string of the molecule is Cc1cc(S(=O)(=O)Nc2ccc(C)c3c(C#N)n[nH]c23)sn1. The average molecular weight is 333 g/mol. The van der Waals surface area contributed by atoms with E-state index in [2.05, 4.69) is 19.3 Å². The number of hydrogen-bond donors (Lipinski definition) is 2. The number of aryl methyl sites for hydroxylation is 2. The molecule has 22 heavy (non-hydrogen) atoms. The first-order valence-electron chi connectivity index (χ1n) is 6.26. The van der Waals surface area contributed by atoms with Gasteiger partial charge in [-0.25, -0.2) is 8.42 Å². The zero-order chi connectivity index (χ0) is 15.9. The third kappa shape index (κ3) is 2.32. The van der Waals surface area contributed by atoms with Crippen LogP contribution in [0.2, 0.25) is 0 Å². The lowest BCUT2D eigenvalue weighted by Crippen LogP contribution is -2.12. The van der Waals surface area contributed by atoms with Gasteiger partial charge in [0.25, 0.3) is 10.0 Å². The molecule has 3 rings (SSSR count). The van der Waals surface area contributed by atoms with E-state index in [1.165, 1.54) is 6.07 Å². The summed E-state index contributed by atoms with van der Waals surface area (Å²) in [4.78, 5) is 0. The highest BCUT2D eigenvalue weighted by Crippen LogP contribution is 2.29. The van der Waals surface area contributed by atoms with Gasteiger partial charge in [-0.2, -0.15) is 14.7 Å². The molecule has 0 spiro atoms. The number of nitriles is 1. The maximum atomic E-state index is 12.4. The topological polar surface area (TPSA) is 112 Å². The summed E-state index contributed by atoms with van der Waals surface area (Å²) in [5, 5.41) is 16.3. The number of anilines is 1. The zero-order valence-corrected chi connectivity index (χ0v) is 13.3. The summed E-state index contributed by atoms with van der Waals surface area (Å²) in [6.45, 7) is 3.57. The first-order chi connectivity index (χ1) is 10.4. The Morgan fingerprint density at radius 1 is 1.36 bits per heavy atom. The molecule has 0 radical (unpaired) electrons. The molecule has 0 bridgehead atoms. The molecule has 1 aromatic carbocycles. The standard InChI is InChI=1S/C13H11N5O2S2/c1-7-3-4-9(13-12(7)10(6-14)15-16-13)18-22(19,20)11-5-8(2)17-21-11/h3-5,18H,1-2H3,(H,15,16). The van der Waals surface area contributed by atoms with Gasteiger partial charge in [0.05, 0.1) is 16.9 Å². The summed E-state index contributed by atoms with van der Waals surface area (Å²) in [7, 11) is -3.72. The molecular weight excluding hydrogens is 322 g/mol. The van der Waals surface area contributed by atoms with E-state index < -0.39 is 10.0 Å². The Bertz CT molecular complexity index is 1010. The van der Waals surface area contributed by atoms with E-state index >= 15 is 0 Å². The fourth-order valence-electron chi connectivity index (χ4n) is 2.12. The highest BCUT2D eigenvalue weighted by molar-refractivity contribution is 7.94. The number of fused-ring (bicyclic) bond motifs is 1. The van der Waals surface area contributed by atoms with Gasteiger partial charge in [0, 0.05) is 5.39 Å². The largest absolute Gasteiger partial charge is 0.277 e. The molecule has 3 aromatic rings. The number of H-pyrrole nitrogens is 1. The minimum Gasteiger partial charge on any atom is -0.277 e. The van der Waals surface area contributed by atoms with Crippen LogP contribution < -0.4 is 4.72 Å². The van der Waals surface area contributed by atoms with E-state index in [1.54, 1.807) is 19.1 Å². The highest BCUT2D eigenvalue weighted by Gasteiger charge is 2.20. The first kappa shape index (κ1) is 14.5. The maximum absolute atomic E-state index is 12.4. The molecule has 0 aliphatic rings. The number of hydrogen-bond acceptors (Lipinski definition) is 6. The molecule has 0 fully saturated rings. The van der Waals surface area contributed by atoms with Gasteiger partial charge in [0.1, 0.15) is 6.07 Å². The van der Waals surface area contributed by atoms with Crippen LogP contribution in [0.25, 0.3) is 10.9 Å². The predicted octanol–water partition coefficient (Wildman–Crippen LogP) is 2.31. The van der Waals surface area contributed by atoms with E-state index in [0.717, 1.165) is 17.1 Å². The molecule has 0 amide bonds. The van der Waals surface area contributed by atoms with Crippen LogP contribution in [0.1, 0.15) is 17.0 Å². The molecular formula is C13H11N5O2S2. The molecule has 2 heterocycles. The normalized spacial score (nSPS) is 11.5. The van der Waals surface area contributed by atoms with E-state index in [-0.39, 0.29) is 9.90 Å². The Kier molecular flexibility index (Phi) is 3.35. The van der Waals surface area contributed by atoms with E-state index in [4.69, 9.17) is 5.26 Å². The van der Waals surface area contributed by atoms with Gasteiger partial charge in [0.15, 0.2) is 9.90 Å². The summed E-state index contributed by atoms with van der Waals surface area (Å²) in [5.41, 5.74) is 2.56. The lowest BCUT2D eigenvalue weighted by Gasteiger charge is -2.08. The van der Waals surface area contributed by atoms with Crippen LogP contribution in [0.4, 0.5) is 5.69 Å². The number of aromatic nitrogens is 3. The van der Waals surface area contributed by atoms with Crippen molar-refractivity contribution in [1.29, 1.82) is 5.26 Å². The van der Waals surface area contributed by atoms with Gasteiger partial charge in [-0.15, -0.1) is 0 Å². The van der Waals surface area contributed by atoms with Crippen molar-refractivity contribution in [2.45, 2.75) is 18.1 Å². The van der Waals surface area contributed by atoms with Crippen molar-refractivity contribution in [3.63, 3.8) is 0 Å². The minimum absolute atomic E-state index is 0.138. The Morgan fingerprint density at radius 3 is 2.77 bits per heavy atom. The van der Waals surface area contributed by atoms with Crippen molar-refractivity contribution in [2.75, 3.05) is 4.72 Å². The molecule has 2 aromatic heterocycles. The van der Waals surface area contributed by atoms with Gasteiger partial charge in [-0.1, -0.05) is 6.07 Å². The van der Waals surface area contributed by atoms with Crippen molar-refractivity contribution in [2.24, 2.45) is 0 Å². The third-order valence-electron chi connectivity index (χ3n) is 3.15. The van der Waals surface area contributed by atoms with Crippen LogP contribution in [0, 0.1) is 25.2 Å². The lowest BCUT2D eigenvalue weighted by atomic mass is 10.1. The molecule has 0 aliphatic carbocycles. The molecule has 9 heteroatoms. The average Bonchev–Trinajstić information content (AvgIpc) is 3.08. The highest BCUT2D eigenvalue weighted by atomic mass is 32.2. The Balaban J connectivity index is 2.11. The van der Waals surface area contributed by atoms with Crippen molar-refractivity contribution in [3.8, 4) is 6.07 Å². The van der Waals surface area contributed by atoms with Crippen LogP contribution in [0.15, 0.2) is 22.4 Å². The van der Waals surface area contributed by atoms with Crippen LogP contribution in [0.3, 0.4) is 0 Å². The predicted molar refractivity (Wildman–Crippen MR) is 83.2 cm³/mol. The molecule has 0 saturated carbocycles. The Hall–Kier alpha value is -2.44. The monoisotopic (exact) mass is 333 g/mol. The first-order valence-corrected chi connectivity index (χ1v) is 8.52. The number of rotatable bonds is 3. The smallest absolute Gasteiger partial charge is 0.273 e. The molecule has 112 valence electrons. The second-order valence-corrected chi connectivity index (χ2v) is 7.47. The Morgan fingerprint density at radius 2 is 2.14 bits per heavy atom. The molecule has 0 unspecified atom stereocenters. The van der Waals surface area contributed by atoms with E-state index in [0.29, 0.717) is 22.3 Å². The van der Waals surface area contributed by atoms with Crippen LogP contribution in [0.5, 0.6) is 0 Å². The fourth-order valence-corrected chi connectivity index (χ4v) is 4.15. The van der Waals surface area contributed by atoms with Crippen molar-refractivity contribution in [3.05, 3.63) is 35.2 Å². The van der Waals surface area contributed by atoms with Crippen molar-refractivity contribution in [1.82, 2.24) is 14.6 Å². The van der Waals surface area contributed by atoms with Crippen LogP contribution in [-0.4, -0.2) is 23.0 Å². The number of aromatic amines is 1. The van der Waals surface area contributed by atoms with Crippen LogP contribution >= 0.6 is 11.5 Å². The number of sulfonamides is 1. The number of benzene rings is 1. The summed E-state index contributed by atoms with van der Waals surface area (Å²) < 4.78 is 31.4. The summed E-state index contributed by atoms with van der Waals surface area (Å²) >= 11 is 0.915. The van der Waals surface area contributed by atoms with Crippen molar-refractivity contribution < 1.29 is 8.42 Å². The number of nitrogens with zero attached hydrogens (tertiary/aromatic N) is 3. The van der Waals surface area contributed by atoms with Gasteiger partial charge in [-0.3, -0.25) is 9.82 Å². The van der Waals surface area contributed by atoms with Gasteiger partial charge < -0.3 is 0 Å². The summed E-state index contributed by atoms with van der Waals surface area (Å²) in [5.74, 6) is 0.